The molecular weight excluding hydrogens is 395 g/mol. The van der Waals surface area contributed by atoms with Crippen LogP contribution in [0.3, 0.4) is 0 Å². The van der Waals surface area contributed by atoms with Crippen LogP contribution in [-0.2, 0) is 11.8 Å². The first-order chi connectivity index (χ1) is 13.6. The van der Waals surface area contributed by atoms with Crippen molar-refractivity contribution in [3.8, 4) is 0 Å². The van der Waals surface area contributed by atoms with Gasteiger partial charge in [-0.1, -0.05) is 37.1 Å². The zero-order valence-electron chi connectivity index (χ0n) is 15.8. The van der Waals surface area contributed by atoms with Crippen LogP contribution < -0.4 is 10.6 Å². The van der Waals surface area contributed by atoms with Gasteiger partial charge in [-0.15, -0.1) is 23.2 Å². The Morgan fingerprint density at radius 1 is 0.607 bits per heavy atom. The molecule has 2 N–H and O–H groups in total. The third-order valence-electron chi connectivity index (χ3n) is 4.42. The van der Waals surface area contributed by atoms with Gasteiger partial charge in [0.1, 0.15) is 0 Å². The summed E-state index contributed by atoms with van der Waals surface area (Å²) in [7, 11) is 0. The highest BCUT2D eigenvalue weighted by atomic mass is 35.5. The van der Waals surface area contributed by atoms with E-state index in [2.05, 4.69) is 10.6 Å². The molecule has 2 amide bonds. The van der Waals surface area contributed by atoms with Gasteiger partial charge in [-0.2, -0.15) is 0 Å². The minimum absolute atomic E-state index is 0.0615. The molecule has 0 unspecified atom stereocenters. The number of rotatable bonds is 11. The van der Waals surface area contributed by atoms with Crippen LogP contribution in [0.1, 0.15) is 57.5 Å². The van der Waals surface area contributed by atoms with Crippen LogP contribution in [0, 0.1) is 0 Å². The Balaban J connectivity index is 1.53. The van der Waals surface area contributed by atoms with Crippen molar-refractivity contribution in [2.75, 3.05) is 13.1 Å². The number of unbranched alkanes of at least 4 members (excludes halogenated alkanes) is 3. The molecule has 2 aromatic rings. The highest BCUT2D eigenvalue weighted by Crippen LogP contribution is 2.08. The highest BCUT2D eigenvalue weighted by Gasteiger charge is 2.05. The standard InChI is InChI=1S/C22H26Cl2N2O2/c23-15-17-5-9-19(10-6-17)21(27)25-13-3-1-2-4-14-26-22(28)20-11-7-18(16-24)8-12-20/h5-12H,1-4,13-16H2,(H,25,27)(H,26,28). The lowest BCUT2D eigenvalue weighted by Gasteiger charge is -2.07. The number of hydrogen-bond acceptors (Lipinski definition) is 2. The lowest BCUT2D eigenvalue weighted by molar-refractivity contribution is 0.0943. The molecule has 0 aliphatic heterocycles. The maximum absolute atomic E-state index is 12.0. The van der Waals surface area contributed by atoms with Crippen LogP contribution in [0.2, 0.25) is 0 Å². The van der Waals surface area contributed by atoms with Crippen LogP contribution in [0.4, 0.5) is 0 Å². The van der Waals surface area contributed by atoms with Gasteiger partial charge in [0.15, 0.2) is 0 Å². The molecule has 0 aromatic heterocycles. The Labute approximate surface area is 176 Å². The minimum Gasteiger partial charge on any atom is -0.352 e. The molecule has 0 saturated carbocycles. The molecule has 6 heteroatoms. The van der Waals surface area contributed by atoms with E-state index >= 15 is 0 Å². The molecule has 4 nitrogen and oxygen atoms in total. The summed E-state index contributed by atoms with van der Waals surface area (Å²) in [6.45, 7) is 1.30. The molecule has 0 aliphatic carbocycles. The fourth-order valence-electron chi connectivity index (χ4n) is 2.70. The molecule has 0 heterocycles. The maximum Gasteiger partial charge on any atom is 0.251 e. The van der Waals surface area contributed by atoms with Gasteiger partial charge in [0.25, 0.3) is 11.8 Å². The lowest BCUT2D eigenvalue weighted by atomic mass is 10.1. The lowest BCUT2D eigenvalue weighted by Crippen LogP contribution is -2.25. The summed E-state index contributed by atoms with van der Waals surface area (Å²) in [5, 5.41) is 5.85. The zero-order valence-corrected chi connectivity index (χ0v) is 17.4. The summed E-state index contributed by atoms with van der Waals surface area (Å²) in [6, 6.07) is 14.6. The SMILES string of the molecule is O=C(NCCCCCCNC(=O)c1ccc(CCl)cc1)c1ccc(CCl)cc1. The number of nitrogens with one attached hydrogen (secondary N) is 2. The summed E-state index contributed by atoms with van der Waals surface area (Å²) >= 11 is 11.5. The second-order valence-electron chi connectivity index (χ2n) is 6.59. The Morgan fingerprint density at radius 3 is 1.29 bits per heavy atom. The Hall–Kier alpha value is -2.04. The fraction of sp³-hybridized carbons (Fsp3) is 0.364. The van der Waals surface area contributed by atoms with Crippen LogP contribution in [-0.4, -0.2) is 24.9 Å². The molecule has 0 radical (unpaired) electrons. The van der Waals surface area contributed by atoms with Crippen molar-refractivity contribution in [2.24, 2.45) is 0 Å². The van der Waals surface area contributed by atoms with Gasteiger partial charge < -0.3 is 10.6 Å². The molecule has 0 aliphatic rings. The molecule has 28 heavy (non-hydrogen) atoms. The van der Waals surface area contributed by atoms with Crippen molar-refractivity contribution in [2.45, 2.75) is 37.4 Å². The first-order valence-electron chi connectivity index (χ1n) is 9.50. The average Bonchev–Trinajstić information content (AvgIpc) is 2.75. The monoisotopic (exact) mass is 420 g/mol. The third kappa shape index (κ3) is 7.53. The van der Waals surface area contributed by atoms with Crippen molar-refractivity contribution >= 4 is 35.0 Å². The van der Waals surface area contributed by atoms with E-state index in [1.165, 1.54) is 0 Å². The molecule has 0 bridgehead atoms. The predicted octanol–water partition coefficient (Wildman–Crippen LogP) is 4.88. The summed E-state index contributed by atoms with van der Waals surface area (Å²) in [5.41, 5.74) is 3.29. The minimum atomic E-state index is -0.0615. The van der Waals surface area contributed by atoms with E-state index in [4.69, 9.17) is 23.2 Å². The smallest absolute Gasteiger partial charge is 0.251 e. The molecule has 2 aromatic carbocycles. The Kier molecular flexibility index (Phi) is 9.87. The summed E-state index contributed by atoms with van der Waals surface area (Å²) in [4.78, 5) is 24.1. The second kappa shape index (κ2) is 12.4. The molecule has 0 spiro atoms. The van der Waals surface area contributed by atoms with Gasteiger partial charge in [-0.25, -0.2) is 0 Å². The molecule has 0 fully saturated rings. The van der Waals surface area contributed by atoms with E-state index in [9.17, 15) is 9.59 Å². The molecule has 0 atom stereocenters. The summed E-state index contributed by atoms with van der Waals surface area (Å²) in [6.07, 6.45) is 3.84. The summed E-state index contributed by atoms with van der Waals surface area (Å²) < 4.78 is 0. The maximum atomic E-state index is 12.0. The second-order valence-corrected chi connectivity index (χ2v) is 7.12. The van der Waals surface area contributed by atoms with Gasteiger partial charge in [-0.3, -0.25) is 9.59 Å². The van der Waals surface area contributed by atoms with E-state index in [0.717, 1.165) is 36.8 Å². The van der Waals surface area contributed by atoms with Crippen molar-refractivity contribution < 1.29 is 9.59 Å². The molecule has 150 valence electrons. The molecular formula is C22H26Cl2N2O2. The van der Waals surface area contributed by atoms with E-state index < -0.39 is 0 Å². The number of carbonyl (C=O) groups excluding carboxylic acids is 2. The normalized spacial score (nSPS) is 10.5. The highest BCUT2D eigenvalue weighted by molar-refractivity contribution is 6.17. The van der Waals surface area contributed by atoms with Crippen LogP contribution in [0.5, 0.6) is 0 Å². The number of benzene rings is 2. The zero-order chi connectivity index (χ0) is 20.2. The van der Waals surface area contributed by atoms with Crippen LogP contribution in [0.25, 0.3) is 0 Å². The predicted molar refractivity (Wildman–Crippen MR) is 115 cm³/mol. The Bertz CT molecular complexity index is 681. The fourth-order valence-corrected chi connectivity index (χ4v) is 3.06. The van der Waals surface area contributed by atoms with Gasteiger partial charge in [0.2, 0.25) is 0 Å². The van der Waals surface area contributed by atoms with Crippen molar-refractivity contribution in [1.82, 2.24) is 10.6 Å². The van der Waals surface area contributed by atoms with Crippen molar-refractivity contribution in [3.63, 3.8) is 0 Å². The number of alkyl halides is 2. The largest absolute Gasteiger partial charge is 0.352 e. The van der Waals surface area contributed by atoms with E-state index in [1.54, 1.807) is 24.3 Å². The van der Waals surface area contributed by atoms with Crippen LogP contribution >= 0.6 is 23.2 Å². The number of hydrogen-bond donors (Lipinski definition) is 2. The first kappa shape index (κ1) is 22.3. The molecule has 0 saturated heterocycles. The number of carbonyl (C=O) groups is 2. The van der Waals surface area contributed by atoms with E-state index in [0.29, 0.717) is 36.0 Å². The van der Waals surface area contributed by atoms with Crippen molar-refractivity contribution in [3.05, 3.63) is 70.8 Å². The van der Waals surface area contributed by atoms with E-state index in [-0.39, 0.29) is 11.8 Å². The number of amides is 2. The number of halogens is 2. The topological polar surface area (TPSA) is 58.2 Å². The summed E-state index contributed by atoms with van der Waals surface area (Å²) in [5.74, 6) is 0.771. The quantitative estimate of drug-likeness (QED) is 0.401. The van der Waals surface area contributed by atoms with Gasteiger partial charge in [0, 0.05) is 36.0 Å². The van der Waals surface area contributed by atoms with Crippen molar-refractivity contribution in [1.29, 1.82) is 0 Å². The van der Waals surface area contributed by atoms with Gasteiger partial charge in [-0.05, 0) is 48.2 Å². The van der Waals surface area contributed by atoms with Crippen LogP contribution in [0.15, 0.2) is 48.5 Å². The first-order valence-corrected chi connectivity index (χ1v) is 10.6. The third-order valence-corrected chi connectivity index (χ3v) is 5.03. The van der Waals surface area contributed by atoms with Gasteiger partial charge >= 0.3 is 0 Å². The van der Waals surface area contributed by atoms with Gasteiger partial charge in [0.05, 0.1) is 0 Å². The van der Waals surface area contributed by atoms with E-state index in [1.807, 2.05) is 24.3 Å². The molecule has 2 rings (SSSR count). The Morgan fingerprint density at radius 2 is 0.964 bits per heavy atom. The average molecular weight is 421 g/mol.